The van der Waals surface area contributed by atoms with Crippen LogP contribution in [-0.2, 0) is 4.74 Å². The van der Waals surface area contributed by atoms with Crippen LogP contribution in [0.3, 0.4) is 0 Å². The molecule has 0 saturated heterocycles. The number of ether oxygens (including phenoxy) is 1. The number of aliphatic hydroxyl groups excluding tert-OH is 1. The van der Waals surface area contributed by atoms with E-state index in [4.69, 9.17) is 9.84 Å². The highest BCUT2D eigenvalue weighted by molar-refractivity contribution is 9.10. The van der Waals surface area contributed by atoms with E-state index in [0.717, 1.165) is 0 Å². The van der Waals surface area contributed by atoms with E-state index in [0.29, 0.717) is 27.5 Å². The maximum atomic E-state index is 12.4. The van der Waals surface area contributed by atoms with Gasteiger partial charge >= 0.3 is 6.09 Å². The van der Waals surface area contributed by atoms with Crippen molar-refractivity contribution in [1.82, 2.24) is 15.5 Å². The Kier molecular flexibility index (Phi) is 5.82. The number of aliphatic hydroxyl groups is 1. The van der Waals surface area contributed by atoms with Gasteiger partial charge in [-0.1, -0.05) is 21.9 Å². The number of fused-ring (bicyclic) bond motifs is 1. The number of amides is 2. The van der Waals surface area contributed by atoms with E-state index in [9.17, 15) is 9.59 Å². The van der Waals surface area contributed by atoms with Crippen LogP contribution in [0.1, 0.15) is 43.2 Å². The first-order valence-electron chi connectivity index (χ1n) is 7.53. The van der Waals surface area contributed by atoms with Crippen LogP contribution in [0, 0.1) is 11.8 Å². The van der Waals surface area contributed by atoms with E-state index in [1.54, 1.807) is 32.9 Å². The van der Waals surface area contributed by atoms with Crippen LogP contribution in [0.25, 0.3) is 10.9 Å². The van der Waals surface area contributed by atoms with Crippen molar-refractivity contribution in [2.24, 2.45) is 0 Å². The predicted molar refractivity (Wildman–Crippen MR) is 96.1 cm³/mol. The first-order valence-corrected chi connectivity index (χ1v) is 8.32. The van der Waals surface area contributed by atoms with Gasteiger partial charge in [-0.05, 0) is 38.8 Å². The maximum absolute atomic E-state index is 12.4. The number of nitrogens with zero attached hydrogens (tertiary/aromatic N) is 1. The van der Waals surface area contributed by atoms with Crippen molar-refractivity contribution in [2.75, 3.05) is 6.61 Å². The number of imide groups is 1. The van der Waals surface area contributed by atoms with Gasteiger partial charge < -0.3 is 9.84 Å². The van der Waals surface area contributed by atoms with Crippen molar-refractivity contribution in [3.63, 3.8) is 0 Å². The van der Waals surface area contributed by atoms with Crippen LogP contribution in [0.5, 0.6) is 0 Å². The molecule has 7 nitrogen and oxygen atoms in total. The zero-order valence-corrected chi connectivity index (χ0v) is 15.7. The summed E-state index contributed by atoms with van der Waals surface area (Å²) in [6.45, 7) is 5.09. The first-order chi connectivity index (χ1) is 11.7. The Morgan fingerprint density at radius 2 is 2.12 bits per heavy atom. The number of aromatic amines is 1. The van der Waals surface area contributed by atoms with Crippen LogP contribution in [0.2, 0.25) is 0 Å². The van der Waals surface area contributed by atoms with Crippen LogP contribution in [-0.4, -0.2) is 39.5 Å². The molecule has 0 aliphatic carbocycles. The second-order valence-corrected chi connectivity index (χ2v) is 7.10. The van der Waals surface area contributed by atoms with Crippen molar-refractivity contribution >= 4 is 38.8 Å². The third kappa shape index (κ3) is 5.05. The lowest BCUT2D eigenvalue weighted by Crippen LogP contribution is -2.36. The molecule has 2 rings (SSSR count). The molecule has 0 bridgehead atoms. The lowest BCUT2D eigenvalue weighted by atomic mass is 10.1. The third-order valence-corrected chi connectivity index (χ3v) is 3.39. The van der Waals surface area contributed by atoms with Gasteiger partial charge in [0, 0.05) is 16.3 Å². The number of hydrogen-bond acceptors (Lipinski definition) is 5. The Morgan fingerprint density at radius 3 is 2.76 bits per heavy atom. The average Bonchev–Trinajstić information content (AvgIpc) is 2.87. The molecule has 0 unspecified atom stereocenters. The van der Waals surface area contributed by atoms with Crippen molar-refractivity contribution in [2.45, 2.75) is 32.8 Å². The molecule has 0 radical (unpaired) electrons. The topological polar surface area (TPSA) is 104 Å². The molecule has 0 fully saturated rings. The average molecular weight is 408 g/mol. The number of halogens is 1. The predicted octanol–water partition coefficient (Wildman–Crippen LogP) is 2.72. The zero-order chi connectivity index (χ0) is 18.6. The SMILES string of the molecule is CC(C)(C)OC(=O)NC(=O)c1cc(Br)cc2c(C#CCCO)[nH]nc12. The first kappa shape index (κ1) is 19.0. The molecule has 25 heavy (non-hydrogen) atoms. The second-order valence-electron chi connectivity index (χ2n) is 6.18. The van der Waals surface area contributed by atoms with Crippen molar-refractivity contribution < 1.29 is 19.4 Å². The number of benzene rings is 1. The van der Waals surface area contributed by atoms with Gasteiger partial charge in [0.1, 0.15) is 16.8 Å². The smallest absolute Gasteiger partial charge is 0.414 e. The molecule has 0 aliphatic heterocycles. The molecule has 2 amide bonds. The fourth-order valence-electron chi connectivity index (χ4n) is 2.02. The van der Waals surface area contributed by atoms with Gasteiger partial charge in [0.15, 0.2) is 0 Å². The number of carbonyl (C=O) groups excluding carboxylic acids is 2. The summed E-state index contributed by atoms with van der Waals surface area (Å²) in [5, 5.41) is 18.5. The van der Waals surface area contributed by atoms with Crippen molar-refractivity contribution in [3.8, 4) is 11.8 Å². The fourth-order valence-corrected chi connectivity index (χ4v) is 2.48. The minimum Gasteiger partial charge on any atom is -0.444 e. The number of nitrogens with one attached hydrogen (secondary N) is 2. The molecule has 132 valence electrons. The number of rotatable bonds is 2. The Balaban J connectivity index is 2.34. The molecule has 8 heteroatoms. The standard InChI is InChI=1S/C17H18BrN3O4/c1-17(2,3)25-16(24)19-15(23)12-9-10(18)8-11-13(6-4-5-7-22)20-21-14(11)12/h8-9,22H,5,7H2,1-3H3,(H,20,21)(H,19,23,24). The summed E-state index contributed by atoms with van der Waals surface area (Å²) in [6.07, 6.45) is -0.496. The Hall–Kier alpha value is -2.37. The van der Waals surface area contributed by atoms with Crippen LogP contribution in [0.15, 0.2) is 16.6 Å². The summed E-state index contributed by atoms with van der Waals surface area (Å²) in [5.74, 6) is 5.03. The second kappa shape index (κ2) is 7.68. The molecular weight excluding hydrogens is 390 g/mol. The molecule has 0 saturated carbocycles. The monoisotopic (exact) mass is 407 g/mol. The largest absolute Gasteiger partial charge is 0.444 e. The van der Waals surface area contributed by atoms with E-state index in [-0.39, 0.29) is 12.2 Å². The maximum Gasteiger partial charge on any atom is 0.414 e. The zero-order valence-electron chi connectivity index (χ0n) is 14.1. The molecule has 0 aliphatic rings. The van der Waals surface area contributed by atoms with E-state index in [1.165, 1.54) is 0 Å². The van der Waals surface area contributed by atoms with Crippen LogP contribution in [0.4, 0.5) is 4.79 Å². The Morgan fingerprint density at radius 1 is 1.40 bits per heavy atom. The van der Waals surface area contributed by atoms with E-state index < -0.39 is 17.6 Å². The minimum absolute atomic E-state index is 0.0354. The number of carbonyl (C=O) groups is 2. The highest BCUT2D eigenvalue weighted by Gasteiger charge is 2.21. The van der Waals surface area contributed by atoms with Crippen LogP contribution >= 0.6 is 15.9 Å². The van der Waals surface area contributed by atoms with Gasteiger partial charge in [0.25, 0.3) is 5.91 Å². The molecule has 1 heterocycles. The summed E-state index contributed by atoms with van der Waals surface area (Å²) in [7, 11) is 0. The summed E-state index contributed by atoms with van der Waals surface area (Å²) in [6, 6.07) is 3.33. The Labute approximate surface area is 153 Å². The van der Waals surface area contributed by atoms with E-state index in [1.807, 2.05) is 0 Å². The summed E-state index contributed by atoms with van der Waals surface area (Å²) < 4.78 is 5.73. The molecule has 1 aromatic heterocycles. The third-order valence-electron chi connectivity index (χ3n) is 2.93. The molecule has 1 aromatic carbocycles. The van der Waals surface area contributed by atoms with Gasteiger partial charge in [0.05, 0.1) is 12.2 Å². The summed E-state index contributed by atoms with van der Waals surface area (Å²) >= 11 is 3.34. The van der Waals surface area contributed by atoms with Crippen molar-refractivity contribution in [3.05, 3.63) is 27.9 Å². The minimum atomic E-state index is -0.830. The van der Waals surface area contributed by atoms with E-state index >= 15 is 0 Å². The number of hydrogen-bond donors (Lipinski definition) is 3. The number of aromatic nitrogens is 2. The van der Waals surface area contributed by atoms with Gasteiger partial charge in [0.2, 0.25) is 0 Å². The van der Waals surface area contributed by atoms with Gasteiger partial charge in [-0.25, -0.2) is 4.79 Å². The van der Waals surface area contributed by atoms with Crippen LogP contribution < -0.4 is 5.32 Å². The quantitative estimate of drug-likeness (QED) is 0.663. The molecular formula is C17H18BrN3O4. The van der Waals surface area contributed by atoms with Gasteiger partial charge in [-0.2, -0.15) is 5.10 Å². The van der Waals surface area contributed by atoms with Gasteiger partial charge in [-0.15, -0.1) is 0 Å². The highest BCUT2D eigenvalue weighted by atomic mass is 79.9. The normalized spacial score (nSPS) is 10.9. The highest BCUT2D eigenvalue weighted by Crippen LogP contribution is 2.25. The lowest BCUT2D eigenvalue weighted by Gasteiger charge is -2.19. The lowest BCUT2D eigenvalue weighted by molar-refractivity contribution is 0.0508. The van der Waals surface area contributed by atoms with E-state index in [2.05, 4.69) is 43.3 Å². The van der Waals surface area contributed by atoms with Crippen molar-refractivity contribution in [1.29, 1.82) is 0 Å². The van der Waals surface area contributed by atoms with Gasteiger partial charge in [-0.3, -0.25) is 15.2 Å². The number of H-pyrrole nitrogens is 1. The summed E-state index contributed by atoms with van der Waals surface area (Å²) in [5.41, 5.74) is 0.411. The molecule has 0 spiro atoms. The molecule has 3 N–H and O–H groups in total. The summed E-state index contributed by atoms with van der Waals surface area (Å²) in [4.78, 5) is 24.2. The molecule has 2 aromatic rings. The molecule has 0 atom stereocenters. The number of alkyl carbamates (subject to hydrolysis) is 1. The fraction of sp³-hybridized carbons (Fsp3) is 0.353. The Bertz CT molecular complexity index is 872.